The maximum absolute atomic E-state index is 12.0. The van der Waals surface area contributed by atoms with E-state index in [0.717, 1.165) is 5.75 Å². The second kappa shape index (κ2) is 5.79. The summed E-state index contributed by atoms with van der Waals surface area (Å²) in [7, 11) is 0. The number of carboxylic acid groups (broad SMARTS) is 1. The maximum atomic E-state index is 12.0. The van der Waals surface area contributed by atoms with Crippen LogP contribution in [0.25, 0.3) is 0 Å². The third kappa shape index (κ3) is 3.19. The summed E-state index contributed by atoms with van der Waals surface area (Å²) in [4.78, 5) is 37.1. The molecule has 0 radical (unpaired) electrons. The lowest BCUT2D eigenvalue weighted by atomic mass is 10.2. The molecule has 2 aliphatic rings. The molecule has 2 aliphatic heterocycles. The Balaban J connectivity index is 1.88. The van der Waals surface area contributed by atoms with Crippen molar-refractivity contribution in [2.24, 2.45) is 0 Å². The monoisotopic (exact) mass is 288 g/mol. The molecule has 7 nitrogen and oxygen atoms in total. The third-order valence-electron chi connectivity index (χ3n) is 3.32. The molecule has 2 rings (SSSR count). The molecule has 8 heteroatoms. The molecular formula is C11H16N2O5S. The number of hydrogen-bond donors (Lipinski definition) is 2. The molecule has 0 bridgehead atoms. The number of carbonyl (C=O) groups excluding carboxylic acids is 2. The fourth-order valence-electron chi connectivity index (χ4n) is 2.33. The number of thioether (sulfide) groups is 1. The molecule has 1 unspecified atom stereocenters. The number of aliphatic hydroxyl groups excluding tert-OH is 1. The van der Waals surface area contributed by atoms with Crippen molar-refractivity contribution in [2.45, 2.75) is 25.0 Å². The SMILES string of the molecule is O=C(O)[C@@H]1CC(O)CN1C(=O)CCN1CCSC1=O. The van der Waals surface area contributed by atoms with E-state index in [9.17, 15) is 19.5 Å². The molecule has 106 valence electrons. The van der Waals surface area contributed by atoms with Gasteiger partial charge >= 0.3 is 5.97 Å². The second-order valence-corrected chi connectivity index (χ2v) is 5.69. The van der Waals surface area contributed by atoms with Crippen molar-refractivity contribution in [3.63, 3.8) is 0 Å². The summed E-state index contributed by atoms with van der Waals surface area (Å²) in [5, 5.41) is 18.4. The Morgan fingerprint density at radius 3 is 2.74 bits per heavy atom. The minimum absolute atomic E-state index is 0.0379. The first-order valence-corrected chi connectivity index (χ1v) is 7.09. The lowest BCUT2D eigenvalue weighted by Crippen LogP contribution is -2.42. The van der Waals surface area contributed by atoms with E-state index in [2.05, 4.69) is 0 Å². The summed E-state index contributed by atoms with van der Waals surface area (Å²) >= 11 is 1.22. The molecule has 0 aliphatic carbocycles. The molecule has 2 heterocycles. The molecule has 2 fully saturated rings. The van der Waals surface area contributed by atoms with E-state index < -0.39 is 18.1 Å². The molecule has 2 N–H and O–H groups in total. The van der Waals surface area contributed by atoms with Crippen molar-refractivity contribution in [3.8, 4) is 0 Å². The fourth-order valence-corrected chi connectivity index (χ4v) is 3.18. The standard InChI is InChI=1S/C11H16N2O5S/c14-7-5-8(10(16)17)13(6-7)9(15)1-2-12-3-4-19-11(12)18/h7-8,14H,1-6H2,(H,16,17)/t7?,8-/m0/s1. The summed E-state index contributed by atoms with van der Waals surface area (Å²) < 4.78 is 0. The first kappa shape index (κ1) is 14.1. The predicted molar refractivity (Wildman–Crippen MR) is 67.8 cm³/mol. The van der Waals surface area contributed by atoms with E-state index in [-0.39, 0.29) is 30.5 Å². The van der Waals surface area contributed by atoms with E-state index in [1.165, 1.54) is 16.7 Å². The van der Waals surface area contributed by atoms with Gasteiger partial charge in [-0.1, -0.05) is 11.8 Å². The van der Waals surface area contributed by atoms with Crippen LogP contribution in [0.1, 0.15) is 12.8 Å². The van der Waals surface area contributed by atoms with Gasteiger partial charge in [-0.3, -0.25) is 9.59 Å². The smallest absolute Gasteiger partial charge is 0.326 e. The van der Waals surface area contributed by atoms with Crippen LogP contribution in [0, 0.1) is 0 Å². The first-order chi connectivity index (χ1) is 8.99. The van der Waals surface area contributed by atoms with Crippen molar-refractivity contribution in [1.29, 1.82) is 0 Å². The zero-order chi connectivity index (χ0) is 14.0. The first-order valence-electron chi connectivity index (χ1n) is 6.11. The Kier molecular flexibility index (Phi) is 4.31. The van der Waals surface area contributed by atoms with E-state index in [1.54, 1.807) is 4.90 Å². The molecule has 2 atom stereocenters. The Morgan fingerprint density at radius 1 is 1.42 bits per heavy atom. The maximum Gasteiger partial charge on any atom is 0.326 e. The lowest BCUT2D eigenvalue weighted by Gasteiger charge is -2.22. The van der Waals surface area contributed by atoms with E-state index >= 15 is 0 Å². The van der Waals surface area contributed by atoms with Gasteiger partial charge < -0.3 is 20.0 Å². The van der Waals surface area contributed by atoms with Crippen LogP contribution in [-0.4, -0.2) is 74.7 Å². The molecule has 19 heavy (non-hydrogen) atoms. The van der Waals surface area contributed by atoms with Crippen molar-refractivity contribution in [2.75, 3.05) is 25.4 Å². The number of likely N-dealkylation sites (tertiary alicyclic amines) is 1. The quantitative estimate of drug-likeness (QED) is 0.730. The average Bonchev–Trinajstić information content (AvgIpc) is 2.92. The number of amides is 2. The van der Waals surface area contributed by atoms with Crippen molar-refractivity contribution < 1.29 is 24.6 Å². The van der Waals surface area contributed by atoms with Crippen LogP contribution in [0.2, 0.25) is 0 Å². The van der Waals surface area contributed by atoms with Gasteiger partial charge in [0, 0.05) is 38.2 Å². The van der Waals surface area contributed by atoms with Gasteiger partial charge in [0.1, 0.15) is 6.04 Å². The molecule has 2 amide bonds. The van der Waals surface area contributed by atoms with Crippen LogP contribution in [0.5, 0.6) is 0 Å². The van der Waals surface area contributed by atoms with Crippen LogP contribution in [0.4, 0.5) is 4.79 Å². The number of aliphatic hydroxyl groups is 1. The summed E-state index contributed by atoms with van der Waals surface area (Å²) in [6.07, 6.45) is -0.614. The molecular weight excluding hydrogens is 272 g/mol. The van der Waals surface area contributed by atoms with Crippen LogP contribution in [-0.2, 0) is 9.59 Å². The Bertz CT molecular complexity index is 403. The van der Waals surface area contributed by atoms with Crippen molar-refractivity contribution >= 4 is 28.9 Å². The number of carboxylic acids is 1. The summed E-state index contributed by atoms with van der Waals surface area (Å²) in [5.74, 6) is -0.695. The van der Waals surface area contributed by atoms with Crippen LogP contribution < -0.4 is 0 Å². The number of carbonyl (C=O) groups is 3. The average molecular weight is 288 g/mol. The summed E-state index contributed by atoms with van der Waals surface area (Å²) in [5.41, 5.74) is 0. The molecule has 0 saturated carbocycles. The number of hydrogen-bond acceptors (Lipinski definition) is 5. The van der Waals surface area contributed by atoms with Gasteiger partial charge in [0.15, 0.2) is 0 Å². The highest BCUT2D eigenvalue weighted by molar-refractivity contribution is 8.13. The van der Waals surface area contributed by atoms with E-state index in [4.69, 9.17) is 5.11 Å². The van der Waals surface area contributed by atoms with Gasteiger partial charge in [0.2, 0.25) is 5.91 Å². The number of β-amino-alcohol motifs (C(OH)–C–C–N with tert-alkyl or cyclic N) is 1. The number of aliphatic carboxylic acids is 1. The van der Waals surface area contributed by atoms with Crippen molar-refractivity contribution in [3.05, 3.63) is 0 Å². The summed E-state index contributed by atoms with van der Waals surface area (Å²) in [6, 6.07) is -0.953. The Labute approximate surface area is 114 Å². The minimum Gasteiger partial charge on any atom is -0.480 e. The highest BCUT2D eigenvalue weighted by Gasteiger charge is 2.38. The minimum atomic E-state index is -1.10. The van der Waals surface area contributed by atoms with Gasteiger partial charge in [-0.25, -0.2) is 4.79 Å². The van der Waals surface area contributed by atoms with E-state index in [1.807, 2.05) is 0 Å². The molecule has 2 saturated heterocycles. The third-order valence-corrected chi connectivity index (χ3v) is 4.22. The van der Waals surface area contributed by atoms with Crippen LogP contribution >= 0.6 is 11.8 Å². The van der Waals surface area contributed by atoms with Crippen LogP contribution in [0.3, 0.4) is 0 Å². The van der Waals surface area contributed by atoms with Gasteiger partial charge in [-0.05, 0) is 0 Å². The molecule has 0 aromatic rings. The lowest BCUT2D eigenvalue weighted by molar-refractivity contribution is -0.148. The zero-order valence-corrected chi connectivity index (χ0v) is 11.1. The summed E-state index contributed by atoms with van der Waals surface area (Å²) in [6.45, 7) is 0.990. The molecule has 0 aromatic heterocycles. The van der Waals surface area contributed by atoms with Gasteiger partial charge in [-0.2, -0.15) is 0 Å². The van der Waals surface area contributed by atoms with Crippen LogP contribution in [0.15, 0.2) is 0 Å². The van der Waals surface area contributed by atoms with E-state index in [0.29, 0.717) is 13.1 Å². The normalized spacial score (nSPS) is 27.1. The Hall–Kier alpha value is -1.28. The molecule has 0 spiro atoms. The second-order valence-electron chi connectivity index (χ2n) is 4.64. The zero-order valence-electron chi connectivity index (χ0n) is 10.3. The largest absolute Gasteiger partial charge is 0.480 e. The van der Waals surface area contributed by atoms with Gasteiger partial charge in [0.05, 0.1) is 6.10 Å². The fraction of sp³-hybridized carbons (Fsp3) is 0.727. The Morgan fingerprint density at radius 2 is 2.16 bits per heavy atom. The van der Waals surface area contributed by atoms with Crippen molar-refractivity contribution in [1.82, 2.24) is 9.80 Å². The topological polar surface area (TPSA) is 98.2 Å². The number of nitrogens with zero attached hydrogens (tertiary/aromatic N) is 2. The number of rotatable bonds is 4. The molecule has 0 aromatic carbocycles. The predicted octanol–water partition coefficient (Wildman–Crippen LogP) is -0.408. The highest BCUT2D eigenvalue weighted by Crippen LogP contribution is 2.21. The van der Waals surface area contributed by atoms with Gasteiger partial charge in [-0.15, -0.1) is 0 Å². The highest BCUT2D eigenvalue weighted by atomic mass is 32.2. The van der Waals surface area contributed by atoms with Gasteiger partial charge in [0.25, 0.3) is 5.24 Å².